The van der Waals surface area contributed by atoms with E-state index in [2.05, 4.69) is 9.97 Å². The first kappa shape index (κ1) is 11.2. The van der Waals surface area contributed by atoms with Crippen molar-refractivity contribution in [2.45, 2.75) is 0 Å². The molecule has 0 radical (unpaired) electrons. The molecule has 0 spiro atoms. The Labute approximate surface area is 107 Å². The topological polar surface area (TPSA) is 92.0 Å². The summed E-state index contributed by atoms with van der Waals surface area (Å²) in [7, 11) is 0. The average Bonchev–Trinajstić information content (AvgIpc) is 2.82. The van der Waals surface area contributed by atoms with E-state index in [4.69, 9.17) is 0 Å². The number of nitrogens with zero attached hydrogens (tertiary/aromatic N) is 2. The van der Waals surface area contributed by atoms with Gasteiger partial charge in [-0.15, -0.1) is 0 Å². The number of phenolic OH excluding ortho intramolecular Hbond substituents is 1. The summed E-state index contributed by atoms with van der Waals surface area (Å²) in [5, 5.41) is 20.2. The van der Waals surface area contributed by atoms with Crippen LogP contribution in [-0.4, -0.2) is 20.0 Å². The number of aromatic amines is 1. The van der Waals surface area contributed by atoms with Gasteiger partial charge in [-0.25, -0.2) is 4.98 Å². The number of nitro groups is 1. The Hall–Kier alpha value is -2.89. The molecule has 0 aliphatic heterocycles. The highest BCUT2D eigenvalue weighted by molar-refractivity contribution is 5.87. The summed E-state index contributed by atoms with van der Waals surface area (Å²) in [6, 6.07) is 11.2. The van der Waals surface area contributed by atoms with Crippen LogP contribution in [0.4, 0.5) is 5.69 Å². The van der Waals surface area contributed by atoms with Gasteiger partial charge in [0, 0.05) is 11.6 Å². The van der Waals surface area contributed by atoms with Gasteiger partial charge in [0.25, 0.3) is 5.69 Å². The fraction of sp³-hybridized carbons (Fsp3) is 0. The van der Waals surface area contributed by atoms with Gasteiger partial charge >= 0.3 is 0 Å². The van der Waals surface area contributed by atoms with E-state index in [1.54, 1.807) is 24.3 Å². The van der Waals surface area contributed by atoms with Crippen molar-refractivity contribution in [3.8, 4) is 17.1 Å². The van der Waals surface area contributed by atoms with Crippen LogP contribution in [0.1, 0.15) is 0 Å². The molecule has 19 heavy (non-hydrogen) atoms. The number of phenols is 1. The van der Waals surface area contributed by atoms with Crippen LogP contribution in [0.25, 0.3) is 22.4 Å². The average molecular weight is 255 g/mol. The molecule has 0 unspecified atom stereocenters. The van der Waals surface area contributed by atoms with Gasteiger partial charge in [0.1, 0.15) is 11.6 Å². The fourth-order valence-corrected chi connectivity index (χ4v) is 1.92. The quantitative estimate of drug-likeness (QED) is 0.544. The zero-order valence-electron chi connectivity index (χ0n) is 9.70. The Morgan fingerprint density at radius 1 is 1.16 bits per heavy atom. The molecule has 1 heterocycles. The maximum absolute atomic E-state index is 10.9. The Morgan fingerprint density at radius 3 is 2.58 bits per heavy atom. The predicted octanol–water partition coefficient (Wildman–Crippen LogP) is 2.84. The number of para-hydroxylation sites is 1. The third-order valence-corrected chi connectivity index (χ3v) is 2.83. The summed E-state index contributed by atoms with van der Waals surface area (Å²) >= 11 is 0. The van der Waals surface area contributed by atoms with E-state index in [-0.39, 0.29) is 11.4 Å². The van der Waals surface area contributed by atoms with Crippen molar-refractivity contribution >= 4 is 16.7 Å². The minimum atomic E-state index is -0.455. The highest BCUT2D eigenvalue weighted by atomic mass is 16.6. The number of hydrogen-bond donors (Lipinski definition) is 2. The summed E-state index contributed by atoms with van der Waals surface area (Å²) in [6.45, 7) is 0. The van der Waals surface area contributed by atoms with Crippen LogP contribution in [0.3, 0.4) is 0 Å². The van der Waals surface area contributed by atoms with Crippen LogP contribution in [-0.2, 0) is 0 Å². The number of H-pyrrole nitrogens is 1. The number of aromatic hydroxyl groups is 1. The van der Waals surface area contributed by atoms with Crippen molar-refractivity contribution < 1.29 is 10.0 Å². The lowest BCUT2D eigenvalue weighted by atomic mass is 10.2. The molecule has 3 rings (SSSR count). The second-order valence-corrected chi connectivity index (χ2v) is 4.06. The van der Waals surface area contributed by atoms with Crippen LogP contribution < -0.4 is 0 Å². The molecule has 0 saturated carbocycles. The molecule has 2 N–H and O–H groups in total. The molecule has 3 aromatic rings. The van der Waals surface area contributed by atoms with E-state index in [1.165, 1.54) is 18.2 Å². The monoisotopic (exact) mass is 255 g/mol. The first-order valence-electron chi connectivity index (χ1n) is 5.57. The smallest absolute Gasteiger partial charge is 0.297 e. The van der Waals surface area contributed by atoms with Crippen molar-refractivity contribution in [1.82, 2.24) is 9.97 Å². The summed E-state index contributed by atoms with van der Waals surface area (Å²) in [4.78, 5) is 17.8. The Balaban J connectivity index is 2.19. The van der Waals surface area contributed by atoms with Gasteiger partial charge in [0.2, 0.25) is 0 Å². The van der Waals surface area contributed by atoms with Crippen molar-refractivity contribution in [2.24, 2.45) is 0 Å². The lowest BCUT2D eigenvalue weighted by Gasteiger charge is -1.95. The van der Waals surface area contributed by atoms with Crippen molar-refractivity contribution in [3.05, 3.63) is 52.6 Å². The molecule has 0 amide bonds. The number of nitro benzene ring substituents is 1. The normalized spacial score (nSPS) is 10.7. The molecule has 0 aliphatic rings. The molecule has 0 fully saturated rings. The molecule has 2 aromatic carbocycles. The highest BCUT2D eigenvalue weighted by Gasteiger charge is 2.15. The molecule has 6 nitrogen and oxygen atoms in total. The van der Waals surface area contributed by atoms with Gasteiger partial charge in [-0.05, 0) is 30.3 Å². The van der Waals surface area contributed by atoms with Gasteiger partial charge < -0.3 is 10.1 Å². The third-order valence-electron chi connectivity index (χ3n) is 2.83. The van der Waals surface area contributed by atoms with Crippen LogP contribution >= 0.6 is 0 Å². The van der Waals surface area contributed by atoms with Gasteiger partial charge in [-0.2, -0.15) is 0 Å². The number of non-ortho nitro benzene ring substituents is 1. The van der Waals surface area contributed by atoms with Crippen molar-refractivity contribution in [2.75, 3.05) is 0 Å². The van der Waals surface area contributed by atoms with Crippen LogP contribution in [0.5, 0.6) is 5.75 Å². The third kappa shape index (κ3) is 1.89. The fourth-order valence-electron chi connectivity index (χ4n) is 1.92. The van der Waals surface area contributed by atoms with Gasteiger partial charge in [-0.3, -0.25) is 10.1 Å². The van der Waals surface area contributed by atoms with Crippen LogP contribution in [0.15, 0.2) is 42.5 Å². The van der Waals surface area contributed by atoms with Crippen molar-refractivity contribution in [3.63, 3.8) is 0 Å². The van der Waals surface area contributed by atoms with E-state index >= 15 is 0 Å². The van der Waals surface area contributed by atoms with Crippen molar-refractivity contribution in [1.29, 1.82) is 0 Å². The zero-order chi connectivity index (χ0) is 13.4. The van der Waals surface area contributed by atoms with Gasteiger partial charge in [-0.1, -0.05) is 6.07 Å². The Kier molecular flexibility index (Phi) is 2.42. The second-order valence-electron chi connectivity index (χ2n) is 4.06. The summed E-state index contributed by atoms with van der Waals surface area (Å²) < 4.78 is 0. The predicted molar refractivity (Wildman–Crippen MR) is 69.8 cm³/mol. The molecule has 1 aromatic heterocycles. The van der Waals surface area contributed by atoms with E-state index in [0.29, 0.717) is 16.9 Å². The SMILES string of the molecule is O=[N+]([O-])c1cccc2[nH]c(-c3ccc(O)cc3)nc12. The van der Waals surface area contributed by atoms with E-state index in [0.717, 1.165) is 5.56 Å². The number of hydrogen-bond acceptors (Lipinski definition) is 4. The first-order valence-corrected chi connectivity index (χ1v) is 5.57. The van der Waals surface area contributed by atoms with Crippen LogP contribution in [0.2, 0.25) is 0 Å². The standard InChI is InChI=1S/C13H9N3O3/c17-9-6-4-8(5-7-9)13-14-10-2-1-3-11(16(18)19)12(10)15-13/h1-7,17H,(H,14,15). The summed E-state index contributed by atoms with van der Waals surface area (Å²) in [6.07, 6.45) is 0. The minimum absolute atomic E-state index is 0.0289. The summed E-state index contributed by atoms with van der Waals surface area (Å²) in [5.74, 6) is 0.690. The Morgan fingerprint density at radius 2 is 1.89 bits per heavy atom. The molecule has 6 heteroatoms. The highest BCUT2D eigenvalue weighted by Crippen LogP contribution is 2.27. The molecular weight excluding hydrogens is 246 g/mol. The molecule has 94 valence electrons. The molecule has 0 saturated heterocycles. The molecular formula is C13H9N3O3. The van der Waals surface area contributed by atoms with E-state index in [9.17, 15) is 15.2 Å². The molecule has 0 aliphatic carbocycles. The maximum atomic E-state index is 10.9. The maximum Gasteiger partial charge on any atom is 0.297 e. The van der Waals surface area contributed by atoms with E-state index < -0.39 is 4.92 Å². The van der Waals surface area contributed by atoms with E-state index in [1.807, 2.05) is 0 Å². The summed E-state index contributed by atoms with van der Waals surface area (Å²) in [5.41, 5.74) is 1.66. The van der Waals surface area contributed by atoms with Crippen LogP contribution in [0, 0.1) is 10.1 Å². The largest absolute Gasteiger partial charge is 0.508 e. The number of benzene rings is 2. The van der Waals surface area contributed by atoms with Gasteiger partial charge in [0.15, 0.2) is 5.52 Å². The molecule has 0 atom stereocenters. The first-order chi connectivity index (χ1) is 9.15. The van der Waals surface area contributed by atoms with Gasteiger partial charge in [0.05, 0.1) is 10.4 Å². The minimum Gasteiger partial charge on any atom is -0.508 e. The number of rotatable bonds is 2. The lowest BCUT2D eigenvalue weighted by Crippen LogP contribution is -1.88. The Bertz CT molecular complexity index is 762. The molecule has 0 bridgehead atoms. The zero-order valence-corrected chi connectivity index (χ0v) is 9.70. The number of imidazole rings is 1. The number of aromatic nitrogens is 2. The lowest BCUT2D eigenvalue weighted by molar-refractivity contribution is -0.383. The number of fused-ring (bicyclic) bond motifs is 1. The second kappa shape index (κ2) is 4.09. The number of nitrogens with one attached hydrogen (secondary N) is 1.